The van der Waals surface area contributed by atoms with Gasteiger partial charge < -0.3 is 5.32 Å². The minimum atomic E-state index is -0.403. The molecule has 2 amide bonds. The van der Waals surface area contributed by atoms with E-state index in [9.17, 15) is 9.59 Å². The predicted octanol–water partition coefficient (Wildman–Crippen LogP) is 3.28. The Morgan fingerprint density at radius 3 is 2.77 bits per heavy atom. The van der Waals surface area contributed by atoms with Crippen molar-refractivity contribution in [2.24, 2.45) is 11.0 Å². The van der Waals surface area contributed by atoms with Gasteiger partial charge in [-0.05, 0) is 30.4 Å². The van der Waals surface area contributed by atoms with Gasteiger partial charge in [0.25, 0.3) is 5.24 Å². The lowest BCUT2D eigenvalue weighted by molar-refractivity contribution is -0.121. The summed E-state index contributed by atoms with van der Waals surface area (Å²) in [5.41, 5.74) is 6.10. The van der Waals surface area contributed by atoms with Gasteiger partial charge in [-0.2, -0.15) is 5.10 Å². The molecule has 6 heteroatoms. The quantitative estimate of drug-likeness (QED) is 0.749. The van der Waals surface area contributed by atoms with E-state index in [4.69, 9.17) is 0 Å². The fourth-order valence-electron chi connectivity index (χ4n) is 2.98. The summed E-state index contributed by atoms with van der Waals surface area (Å²) in [6, 6.07) is 6.09. The van der Waals surface area contributed by atoms with Gasteiger partial charge >= 0.3 is 0 Å². The van der Waals surface area contributed by atoms with Gasteiger partial charge in [0.1, 0.15) is 0 Å². The number of carbonyl (C=O) groups excluding carboxylic acids is 2. The molecule has 0 bridgehead atoms. The SMILES string of the molecule is CC1CC(=O)NN=C1c1ccc(C2CCC2)cc1NC(=O)S. The van der Waals surface area contributed by atoms with Gasteiger partial charge in [0, 0.05) is 17.9 Å². The number of nitrogens with one attached hydrogen (secondary N) is 2. The van der Waals surface area contributed by atoms with E-state index in [-0.39, 0.29) is 11.8 Å². The second kappa shape index (κ2) is 6.12. The highest BCUT2D eigenvalue weighted by molar-refractivity contribution is 7.96. The summed E-state index contributed by atoms with van der Waals surface area (Å²) >= 11 is 3.82. The van der Waals surface area contributed by atoms with Crippen LogP contribution in [0.15, 0.2) is 23.3 Å². The van der Waals surface area contributed by atoms with E-state index in [0.717, 1.165) is 11.3 Å². The molecule has 5 nitrogen and oxygen atoms in total. The molecule has 2 aliphatic rings. The molecule has 1 atom stereocenters. The second-order valence-corrected chi connectivity index (χ2v) is 6.41. The van der Waals surface area contributed by atoms with Crippen LogP contribution in [0.3, 0.4) is 0 Å². The van der Waals surface area contributed by atoms with E-state index in [1.165, 1.54) is 24.8 Å². The molecule has 0 radical (unpaired) electrons. The lowest BCUT2D eigenvalue weighted by atomic mass is 9.79. The van der Waals surface area contributed by atoms with Gasteiger partial charge in [-0.3, -0.25) is 9.59 Å². The molecule has 22 heavy (non-hydrogen) atoms. The third-order valence-corrected chi connectivity index (χ3v) is 4.51. The number of amides is 2. The van der Waals surface area contributed by atoms with Crippen LogP contribution in [0.5, 0.6) is 0 Å². The monoisotopic (exact) mass is 317 g/mol. The maximum absolute atomic E-state index is 11.4. The highest BCUT2D eigenvalue weighted by Crippen LogP contribution is 2.38. The number of benzene rings is 1. The highest BCUT2D eigenvalue weighted by Gasteiger charge is 2.26. The fourth-order valence-corrected chi connectivity index (χ4v) is 3.10. The first-order valence-corrected chi connectivity index (χ1v) is 8.00. The van der Waals surface area contributed by atoms with Crippen molar-refractivity contribution in [3.05, 3.63) is 29.3 Å². The van der Waals surface area contributed by atoms with Gasteiger partial charge in [0.2, 0.25) is 5.91 Å². The van der Waals surface area contributed by atoms with Crippen molar-refractivity contribution in [2.45, 2.75) is 38.5 Å². The first-order chi connectivity index (χ1) is 10.5. The van der Waals surface area contributed by atoms with Crippen molar-refractivity contribution in [2.75, 3.05) is 5.32 Å². The van der Waals surface area contributed by atoms with E-state index >= 15 is 0 Å². The maximum atomic E-state index is 11.4. The van der Waals surface area contributed by atoms with Crippen LogP contribution >= 0.6 is 12.6 Å². The van der Waals surface area contributed by atoms with Crippen molar-refractivity contribution in [1.82, 2.24) is 5.43 Å². The largest absolute Gasteiger partial charge is 0.316 e. The van der Waals surface area contributed by atoms with Crippen molar-refractivity contribution in [1.29, 1.82) is 0 Å². The first kappa shape index (κ1) is 15.1. The third kappa shape index (κ3) is 3.02. The van der Waals surface area contributed by atoms with Crippen LogP contribution in [0.4, 0.5) is 10.5 Å². The van der Waals surface area contributed by atoms with Crippen LogP contribution in [0.2, 0.25) is 0 Å². The summed E-state index contributed by atoms with van der Waals surface area (Å²) < 4.78 is 0. The van der Waals surface area contributed by atoms with Gasteiger partial charge in [-0.1, -0.05) is 38.1 Å². The number of nitrogens with zero attached hydrogens (tertiary/aromatic N) is 1. The minimum absolute atomic E-state index is 0.0128. The highest BCUT2D eigenvalue weighted by atomic mass is 32.1. The molecule has 1 unspecified atom stereocenters. The molecule has 116 valence electrons. The van der Waals surface area contributed by atoms with Crippen LogP contribution < -0.4 is 10.7 Å². The van der Waals surface area contributed by atoms with Gasteiger partial charge in [0.05, 0.1) is 11.4 Å². The molecule has 1 heterocycles. The van der Waals surface area contributed by atoms with Crippen molar-refractivity contribution >= 4 is 35.2 Å². The van der Waals surface area contributed by atoms with Crippen LogP contribution in [0.1, 0.15) is 49.7 Å². The molecule has 0 spiro atoms. The lowest BCUT2D eigenvalue weighted by Crippen LogP contribution is -2.32. The molecule has 0 saturated heterocycles. The summed E-state index contributed by atoms with van der Waals surface area (Å²) in [6.07, 6.45) is 4.05. The summed E-state index contributed by atoms with van der Waals surface area (Å²) in [6.45, 7) is 1.96. The molecule has 1 aromatic carbocycles. The number of hydrogen-bond acceptors (Lipinski definition) is 3. The van der Waals surface area contributed by atoms with Crippen molar-refractivity contribution in [3.8, 4) is 0 Å². The molecule has 1 saturated carbocycles. The molecule has 2 N–H and O–H groups in total. The summed E-state index contributed by atoms with van der Waals surface area (Å²) in [7, 11) is 0. The zero-order chi connectivity index (χ0) is 15.7. The Bertz CT molecular complexity index is 653. The van der Waals surface area contributed by atoms with Crippen LogP contribution in [-0.4, -0.2) is 16.9 Å². The van der Waals surface area contributed by atoms with Crippen LogP contribution in [0.25, 0.3) is 0 Å². The summed E-state index contributed by atoms with van der Waals surface area (Å²) in [5, 5.41) is 6.55. The van der Waals surface area contributed by atoms with Crippen LogP contribution in [0, 0.1) is 5.92 Å². The molecular weight excluding hydrogens is 298 g/mol. The number of thiol groups is 1. The van der Waals surface area contributed by atoms with E-state index < -0.39 is 5.24 Å². The first-order valence-electron chi connectivity index (χ1n) is 7.55. The number of hydrazone groups is 1. The maximum Gasteiger partial charge on any atom is 0.280 e. The van der Waals surface area contributed by atoms with Gasteiger partial charge in [-0.25, -0.2) is 5.43 Å². The predicted molar refractivity (Wildman–Crippen MR) is 89.5 cm³/mol. The van der Waals surface area contributed by atoms with Crippen molar-refractivity contribution in [3.63, 3.8) is 0 Å². The average Bonchev–Trinajstić information content (AvgIpc) is 2.37. The lowest BCUT2D eigenvalue weighted by Gasteiger charge is -2.27. The van der Waals surface area contributed by atoms with E-state index in [0.29, 0.717) is 18.0 Å². The Balaban J connectivity index is 1.98. The summed E-state index contributed by atoms with van der Waals surface area (Å²) in [4.78, 5) is 22.8. The molecule has 3 rings (SSSR count). The van der Waals surface area contributed by atoms with E-state index in [1.54, 1.807) is 0 Å². The average molecular weight is 317 g/mol. The molecule has 1 aromatic rings. The molecule has 1 aliphatic carbocycles. The summed E-state index contributed by atoms with van der Waals surface area (Å²) in [5.74, 6) is 0.510. The number of carbonyl (C=O) groups is 2. The van der Waals surface area contributed by atoms with Crippen LogP contribution in [-0.2, 0) is 4.79 Å². The number of rotatable bonds is 3. The second-order valence-electron chi connectivity index (χ2n) is 6.00. The number of hydrogen-bond donors (Lipinski definition) is 3. The van der Waals surface area contributed by atoms with E-state index in [2.05, 4.69) is 34.5 Å². The smallest absolute Gasteiger partial charge is 0.280 e. The Morgan fingerprint density at radius 1 is 1.41 bits per heavy atom. The molecule has 1 aliphatic heterocycles. The van der Waals surface area contributed by atoms with Gasteiger partial charge in [-0.15, -0.1) is 0 Å². The van der Waals surface area contributed by atoms with E-state index in [1.807, 2.05) is 19.1 Å². The Kier molecular flexibility index (Phi) is 4.20. The normalized spacial score (nSPS) is 21.6. The number of anilines is 1. The Hall–Kier alpha value is -1.82. The third-order valence-electron chi connectivity index (χ3n) is 4.40. The fraction of sp³-hybridized carbons (Fsp3) is 0.438. The minimum Gasteiger partial charge on any atom is -0.316 e. The van der Waals surface area contributed by atoms with Gasteiger partial charge in [0.15, 0.2) is 0 Å². The zero-order valence-electron chi connectivity index (χ0n) is 12.4. The Labute approximate surface area is 135 Å². The van der Waals surface area contributed by atoms with Crippen molar-refractivity contribution < 1.29 is 9.59 Å². The Morgan fingerprint density at radius 2 is 2.18 bits per heavy atom. The molecular formula is C16H19N3O2S. The molecule has 1 fully saturated rings. The molecule has 0 aromatic heterocycles. The zero-order valence-corrected chi connectivity index (χ0v) is 13.3. The topological polar surface area (TPSA) is 70.6 Å². The standard InChI is InChI=1S/C16H19N3O2S/c1-9-7-14(20)18-19-15(9)12-6-5-11(10-3-2-4-10)8-13(12)17-16(21)22/h5-6,8-10H,2-4,7H2,1H3,(H,18,20)(H2,17,21,22).